The molecule has 3 heteroatoms. The summed E-state index contributed by atoms with van der Waals surface area (Å²) in [6, 6.07) is 0. The molecule has 3 nitrogen and oxygen atoms in total. The second kappa shape index (κ2) is 4.33. The third-order valence-corrected chi connectivity index (χ3v) is 6.75. The Hall–Kier alpha value is -0.380. The highest BCUT2D eigenvalue weighted by Gasteiger charge is 2.64. The van der Waals surface area contributed by atoms with Crippen LogP contribution in [-0.4, -0.2) is 18.0 Å². The molecule has 0 radical (unpaired) electrons. The summed E-state index contributed by atoms with van der Waals surface area (Å²) in [6.45, 7) is 6.11. The van der Waals surface area contributed by atoms with Crippen LogP contribution in [0.25, 0.3) is 0 Å². The summed E-state index contributed by atoms with van der Waals surface area (Å²) in [7, 11) is 0. The lowest BCUT2D eigenvalue weighted by Crippen LogP contribution is -2.65. The molecule has 21 heavy (non-hydrogen) atoms. The molecule has 1 aliphatic heterocycles. The van der Waals surface area contributed by atoms with Crippen molar-refractivity contribution in [3.05, 3.63) is 12.2 Å². The minimum atomic E-state index is -0.424. The SMILES string of the molecule is C=C(C)C1OOC2(OC1C1CC1)C1CC3CC(C1)CC2C3. The van der Waals surface area contributed by atoms with Crippen LogP contribution in [0.1, 0.15) is 51.9 Å². The summed E-state index contributed by atoms with van der Waals surface area (Å²) in [6.07, 6.45) is 9.23. The van der Waals surface area contributed by atoms with Crippen LogP contribution in [0.15, 0.2) is 12.2 Å². The van der Waals surface area contributed by atoms with Crippen LogP contribution in [0.3, 0.4) is 0 Å². The minimum absolute atomic E-state index is 0.0692. The Labute approximate surface area is 126 Å². The van der Waals surface area contributed by atoms with Gasteiger partial charge < -0.3 is 4.74 Å². The van der Waals surface area contributed by atoms with E-state index in [2.05, 4.69) is 6.58 Å². The van der Waals surface area contributed by atoms with Gasteiger partial charge in [0.05, 0.1) is 6.10 Å². The molecule has 6 fully saturated rings. The lowest BCUT2D eigenvalue weighted by molar-refractivity contribution is -0.535. The molecule has 6 aliphatic rings. The third kappa shape index (κ3) is 1.83. The third-order valence-electron chi connectivity index (χ3n) is 6.75. The van der Waals surface area contributed by atoms with Gasteiger partial charge in [0.2, 0.25) is 5.79 Å². The molecular weight excluding hydrogens is 264 g/mol. The van der Waals surface area contributed by atoms with Gasteiger partial charge in [0, 0.05) is 11.8 Å². The maximum Gasteiger partial charge on any atom is 0.207 e. The quantitative estimate of drug-likeness (QED) is 0.571. The lowest BCUT2D eigenvalue weighted by Gasteiger charge is -2.61. The van der Waals surface area contributed by atoms with Crippen LogP contribution in [0.4, 0.5) is 0 Å². The van der Waals surface area contributed by atoms with Gasteiger partial charge in [-0.25, -0.2) is 4.89 Å². The topological polar surface area (TPSA) is 27.7 Å². The highest BCUT2D eigenvalue weighted by Crippen LogP contribution is 2.62. The van der Waals surface area contributed by atoms with Crippen LogP contribution in [-0.2, 0) is 14.5 Å². The van der Waals surface area contributed by atoms with E-state index in [1.54, 1.807) is 0 Å². The van der Waals surface area contributed by atoms with E-state index in [1.807, 2.05) is 6.92 Å². The van der Waals surface area contributed by atoms with E-state index < -0.39 is 5.79 Å². The Kier molecular flexibility index (Phi) is 2.70. The molecule has 4 bridgehead atoms. The number of ether oxygens (including phenoxy) is 1. The van der Waals surface area contributed by atoms with Crippen molar-refractivity contribution in [3.8, 4) is 0 Å². The van der Waals surface area contributed by atoms with E-state index in [-0.39, 0.29) is 12.2 Å². The highest BCUT2D eigenvalue weighted by molar-refractivity contribution is 5.10. The zero-order valence-corrected chi connectivity index (χ0v) is 12.9. The molecule has 2 atom stereocenters. The average molecular weight is 290 g/mol. The van der Waals surface area contributed by atoms with E-state index in [0.29, 0.717) is 17.8 Å². The fraction of sp³-hybridized carbons (Fsp3) is 0.889. The van der Waals surface area contributed by atoms with Gasteiger partial charge in [0.1, 0.15) is 6.10 Å². The smallest absolute Gasteiger partial charge is 0.207 e. The summed E-state index contributed by atoms with van der Waals surface area (Å²) in [5.74, 6) is 3.19. The van der Waals surface area contributed by atoms with Crippen LogP contribution in [0.5, 0.6) is 0 Å². The summed E-state index contributed by atoms with van der Waals surface area (Å²) < 4.78 is 6.74. The summed E-state index contributed by atoms with van der Waals surface area (Å²) in [4.78, 5) is 11.9. The van der Waals surface area contributed by atoms with E-state index in [0.717, 1.165) is 17.4 Å². The maximum absolute atomic E-state index is 6.74. The second-order valence-electron chi connectivity index (χ2n) is 8.39. The molecule has 5 aliphatic carbocycles. The molecular formula is C18H26O3. The van der Waals surface area contributed by atoms with Crippen molar-refractivity contribution in [1.29, 1.82) is 0 Å². The summed E-state index contributed by atoms with van der Waals surface area (Å²) >= 11 is 0. The molecule has 1 saturated heterocycles. The molecule has 0 N–H and O–H groups in total. The number of rotatable bonds is 2. The van der Waals surface area contributed by atoms with Crippen molar-refractivity contribution in [2.45, 2.75) is 69.9 Å². The van der Waals surface area contributed by atoms with Crippen LogP contribution >= 0.6 is 0 Å². The molecule has 0 aromatic carbocycles. The normalized spacial score (nSPS) is 55.1. The predicted octanol–water partition coefficient (Wildman–Crippen LogP) is 3.84. The van der Waals surface area contributed by atoms with E-state index in [1.165, 1.54) is 44.9 Å². The number of hydrogen-bond acceptors (Lipinski definition) is 3. The van der Waals surface area contributed by atoms with Gasteiger partial charge in [-0.3, -0.25) is 0 Å². The Balaban J connectivity index is 1.45. The van der Waals surface area contributed by atoms with Gasteiger partial charge >= 0.3 is 0 Å². The Bertz CT molecular complexity index is 439. The fourth-order valence-corrected chi connectivity index (χ4v) is 5.78. The van der Waals surface area contributed by atoms with Crippen molar-refractivity contribution in [2.24, 2.45) is 29.6 Å². The first-order valence-electron chi connectivity index (χ1n) is 8.83. The van der Waals surface area contributed by atoms with Crippen LogP contribution < -0.4 is 0 Å². The van der Waals surface area contributed by atoms with Gasteiger partial charge in [0.25, 0.3) is 0 Å². The second-order valence-corrected chi connectivity index (χ2v) is 8.39. The van der Waals surface area contributed by atoms with Crippen molar-refractivity contribution < 1.29 is 14.5 Å². The molecule has 5 saturated carbocycles. The van der Waals surface area contributed by atoms with Crippen molar-refractivity contribution in [3.63, 3.8) is 0 Å². The Morgan fingerprint density at radius 2 is 1.62 bits per heavy atom. The summed E-state index contributed by atoms with van der Waals surface area (Å²) in [5.41, 5.74) is 1.03. The van der Waals surface area contributed by atoms with E-state index in [9.17, 15) is 0 Å². The summed E-state index contributed by atoms with van der Waals surface area (Å²) in [5, 5.41) is 0. The monoisotopic (exact) mass is 290 g/mol. The molecule has 1 spiro atoms. The highest BCUT2D eigenvalue weighted by atomic mass is 17.2. The van der Waals surface area contributed by atoms with E-state index >= 15 is 0 Å². The van der Waals surface area contributed by atoms with Gasteiger partial charge in [0.15, 0.2) is 0 Å². The molecule has 1 heterocycles. The first-order chi connectivity index (χ1) is 10.2. The van der Waals surface area contributed by atoms with Gasteiger partial charge in [-0.15, -0.1) is 0 Å². The Morgan fingerprint density at radius 1 is 1.00 bits per heavy atom. The van der Waals surface area contributed by atoms with Crippen molar-refractivity contribution in [2.75, 3.05) is 0 Å². The fourth-order valence-electron chi connectivity index (χ4n) is 5.78. The minimum Gasteiger partial charge on any atom is -0.340 e. The standard InChI is InChI=1S/C18H26O3/c1-10(2)16-17(13-3-4-13)19-18(21-20-16)14-6-11-5-12(8-14)9-15(18)7-11/h11-17H,1,3-9H2,2H3. The van der Waals surface area contributed by atoms with E-state index in [4.69, 9.17) is 14.5 Å². The van der Waals surface area contributed by atoms with Gasteiger partial charge in [-0.05, 0) is 75.2 Å². The Morgan fingerprint density at radius 3 is 2.14 bits per heavy atom. The van der Waals surface area contributed by atoms with Crippen molar-refractivity contribution >= 4 is 0 Å². The zero-order valence-electron chi connectivity index (χ0n) is 12.9. The first kappa shape index (κ1) is 13.1. The largest absolute Gasteiger partial charge is 0.340 e. The molecule has 2 unspecified atom stereocenters. The van der Waals surface area contributed by atoms with Gasteiger partial charge in [-0.2, -0.15) is 4.89 Å². The lowest BCUT2D eigenvalue weighted by atomic mass is 9.53. The van der Waals surface area contributed by atoms with Gasteiger partial charge in [-0.1, -0.05) is 6.58 Å². The molecule has 116 valence electrons. The molecule has 6 rings (SSSR count). The number of hydrogen-bond donors (Lipinski definition) is 0. The molecule has 0 aromatic heterocycles. The van der Waals surface area contributed by atoms with Crippen molar-refractivity contribution in [1.82, 2.24) is 0 Å². The predicted molar refractivity (Wildman–Crippen MR) is 78.1 cm³/mol. The molecule has 0 amide bonds. The molecule has 0 aromatic rings. The maximum atomic E-state index is 6.74. The average Bonchev–Trinajstić information content (AvgIpc) is 3.28. The zero-order chi connectivity index (χ0) is 14.2. The first-order valence-corrected chi connectivity index (χ1v) is 8.83. The van der Waals surface area contributed by atoms with Crippen LogP contribution in [0, 0.1) is 29.6 Å². The van der Waals surface area contributed by atoms with Crippen LogP contribution in [0.2, 0.25) is 0 Å².